The summed E-state index contributed by atoms with van der Waals surface area (Å²) in [7, 11) is 0. The van der Waals surface area contributed by atoms with Crippen LogP contribution in [0.25, 0.3) is 0 Å². The molecule has 114 valence electrons. The van der Waals surface area contributed by atoms with Crippen molar-refractivity contribution in [2.75, 3.05) is 0 Å². The second kappa shape index (κ2) is 7.41. The van der Waals surface area contributed by atoms with Crippen molar-refractivity contribution in [2.45, 2.75) is 19.8 Å². The maximum atomic E-state index is 12.0. The lowest BCUT2D eigenvalue weighted by atomic mass is 9.98. The fourth-order valence-electron chi connectivity index (χ4n) is 2.09. The van der Waals surface area contributed by atoms with E-state index in [1.807, 2.05) is 19.1 Å². The summed E-state index contributed by atoms with van der Waals surface area (Å²) < 4.78 is 5.23. The molecule has 0 bridgehead atoms. The minimum absolute atomic E-state index is 0.00895. The monoisotopic (exact) mass is 298 g/mol. The average Bonchev–Trinajstić information content (AvgIpc) is 2.54. The standard InChI is InChI=1S/C18H18O4/c1-2-13(12-19)11-14-7-9-15(10-8-14)22-18(21)16-5-3-4-6-17(16)20/h3-10,12-13,20H,2,11H2,1H3. The van der Waals surface area contributed by atoms with Crippen LogP contribution in [-0.4, -0.2) is 17.4 Å². The Morgan fingerprint density at radius 1 is 1.18 bits per heavy atom. The number of esters is 1. The highest BCUT2D eigenvalue weighted by molar-refractivity contribution is 5.93. The lowest BCUT2D eigenvalue weighted by Gasteiger charge is -2.09. The van der Waals surface area contributed by atoms with E-state index in [1.165, 1.54) is 12.1 Å². The van der Waals surface area contributed by atoms with E-state index in [4.69, 9.17) is 4.74 Å². The van der Waals surface area contributed by atoms with Crippen molar-refractivity contribution >= 4 is 12.3 Å². The molecule has 0 heterocycles. The Kier molecular flexibility index (Phi) is 5.31. The molecule has 1 atom stereocenters. The molecule has 0 aromatic heterocycles. The first-order chi connectivity index (χ1) is 10.6. The van der Waals surface area contributed by atoms with E-state index in [2.05, 4.69) is 0 Å². The second-order valence-electron chi connectivity index (χ2n) is 5.06. The van der Waals surface area contributed by atoms with Gasteiger partial charge in [0.15, 0.2) is 0 Å². The fourth-order valence-corrected chi connectivity index (χ4v) is 2.09. The third-order valence-electron chi connectivity index (χ3n) is 3.47. The Morgan fingerprint density at radius 2 is 1.86 bits per heavy atom. The number of phenolic OH excluding ortho intramolecular Hbond substituents is 1. The molecule has 4 heteroatoms. The van der Waals surface area contributed by atoms with Crippen LogP contribution in [0, 0.1) is 5.92 Å². The lowest BCUT2D eigenvalue weighted by Crippen LogP contribution is -2.09. The Labute approximate surface area is 129 Å². The maximum Gasteiger partial charge on any atom is 0.347 e. The van der Waals surface area contributed by atoms with E-state index in [1.54, 1.807) is 24.3 Å². The largest absolute Gasteiger partial charge is 0.507 e. The number of hydrogen-bond donors (Lipinski definition) is 1. The van der Waals surface area contributed by atoms with Crippen LogP contribution in [0.4, 0.5) is 0 Å². The molecule has 1 unspecified atom stereocenters. The van der Waals surface area contributed by atoms with E-state index >= 15 is 0 Å². The first-order valence-corrected chi connectivity index (χ1v) is 7.18. The highest BCUT2D eigenvalue weighted by atomic mass is 16.5. The molecule has 0 aliphatic carbocycles. The van der Waals surface area contributed by atoms with Gasteiger partial charge in [0, 0.05) is 5.92 Å². The molecular formula is C18H18O4. The predicted molar refractivity (Wildman–Crippen MR) is 83.1 cm³/mol. The molecule has 0 spiro atoms. The summed E-state index contributed by atoms with van der Waals surface area (Å²) in [5.41, 5.74) is 1.14. The molecule has 0 aliphatic heterocycles. The number of rotatable bonds is 6. The van der Waals surface area contributed by atoms with Gasteiger partial charge in [-0.05, 0) is 42.7 Å². The van der Waals surface area contributed by atoms with Gasteiger partial charge < -0.3 is 14.6 Å². The van der Waals surface area contributed by atoms with Crippen molar-refractivity contribution in [3.8, 4) is 11.5 Å². The van der Waals surface area contributed by atoms with Crippen LogP contribution in [0.2, 0.25) is 0 Å². The highest BCUT2D eigenvalue weighted by Gasteiger charge is 2.13. The van der Waals surface area contributed by atoms with Gasteiger partial charge in [0.25, 0.3) is 0 Å². The van der Waals surface area contributed by atoms with Gasteiger partial charge in [0.2, 0.25) is 0 Å². The molecule has 0 radical (unpaired) electrons. The van der Waals surface area contributed by atoms with E-state index in [9.17, 15) is 14.7 Å². The Balaban J connectivity index is 2.04. The molecule has 4 nitrogen and oxygen atoms in total. The van der Waals surface area contributed by atoms with Crippen LogP contribution in [0.3, 0.4) is 0 Å². The third kappa shape index (κ3) is 3.95. The van der Waals surface area contributed by atoms with Gasteiger partial charge in [0.05, 0.1) is 0 Å². The van der Waals surface area contributed by atoms with E-state index in [0.717, 1.165) is 18.3 Å². The minimum atomic E-state index is -0.606. The zero-order valence-electron chi connectivity index (χ0n) is 12.4. The zero-order valence-corrected chi connectivity index (χ0v) is 12.4. The van der Waals surface area contributed by atoms with Crippen molar-refractivity contribution in [3.63, 3.8) is 0 Å². The number of hydrogen-bond acceptors (Lipinski definition) is 4. The number of carbonyl (C=O) groups is 2. The Bertz CT molecular complexity index is 646. The molecule has 0 saturated carbocycles. The van der Waals surface area contributed by atoms with Crippen molar-refractivity contribution in [1.82, 2.24) is 0 Å². The van der Waals surface area contributed by atoms with Crippen molar-refractivity contribution in [2.24, 2.45) is 5.92 Å². The number of benzene rings is 2. The van der Waals surface area contributed by atoms with Crippen LogP contribution in [0.1, 0.15) is 29.3 Å². The molecule has 2 aromatic carbocycles. The molecule has 0 aliphatic rings. The molecule has 0 amide bonds. The fraction of sp³-hybridized carbons (Fsp3) is 0.222. The van der Waals surface area contributed by atoms with E-state index in [0.29, 0.717) is 12.2 Å². The molecule has 2 aromatic rings. The van der Waals surface area contributed by atoms with Gasteiger partial charge in [-0.25, -0.2) is 4.79 Å². The third-order valence-corrected chi connectivity index (χ3v) is 3.47. The van der Waals surface area contributed by atoms with Gasteiger partial charge in [-0.1, -0.05) is 31.2 Å². The predicted octanol–water partition coefficient (Wildman–Crippen LogP) is 3.38. The van der Waals surface area contributed by atoms with Crippen LogP contribution in [0.5, 0.6) is 11.5 Å². The van der Waals surface area contributed by atoms with Crippen molar-refractivity contribution < 1.29 is 19.4 Å². The maximum absolute atomic E-state index is 12.0. The molecular weight excluding hydrogens is 280 g/mol. The SMILES string of the molecule is CCC(C=O)Cc1ccc(OC(=O)c2ccccc2O)cc1. The summed E-state index contributed by atoms with van der Waals surface area (Å²) in [6.45, 7) is 1.97. The van der Waals surface area contributed by atoms with Crippen molar-refractivity contribution in [1.29, 1.82) is 0 Å². The first-order valence-electron chi connectivity index (χ1n) is 7.18. The number of carbonyl (C=O) groups excluding carboxylic acids is 2. The first kappa shape index (κ1) is 15.8. The van der Waals surface area contributed by atoms with Gasteiger partial charge >= 0.3 is 5.97 Å². The smallest absolute Gasteiger partial charge is 0.347 e. The van der Waals surface area contributed by atoms with Crippen LogP contribution >= 0.6 is 0 Å². The highest BCUT2D eigenvalue weighted by Crippen LogP contribution is 2.20. The van der Waals surface area contributed by atoms with Crippen LogP contribution in [-0.2, 0) is 11.2 Å². The van der Waals surface area contributed by atoms with Gasteiger partial charge in [-0.3, -0.25) is 0 Å². The summed E-state index contributed by atoms with van der Waals surface area (Å²) in [4.78, 5) is 22.8. The number of aromatic hydroxyl groups is 1. The molecule has 2 rings (SSSR count). The Morgan fingerprint density at radius 3 is 2.45 bits per heavy atom. The van der Waals surface area contributed by atoms with Gasteiger partial charge in [-0.2, -0.15) is 0 Å². The lowest BCUT2D eigenvalue weighted by molar-refractivity contribution is -0.111. The topological polar surface area (TPSA) is 63.6 Å². The zero-order chi connectivity index (χ0) is 15.9. The normalized spacial score (nSPS) is 11.7. The Hall–Kier alpha value is -2.62. The number of phenols is 1. The van der Waals surface area contributed by atoms with Gasteiger partial charge in [-0.15, -0.1) is 0 Å². The summed E-state index contributed by atoms with van der Waals surface area (Å²) in [6, 6.07) is 13.3. The minimum Gasteiger partial charge on any atom is -0.507 e. The summed E-state index contributed by atoms with van der Waals surface area (Å²) in [6.07, 6.45) is 2.44. The molecule has 0 fully saturated rings. The molecule has 0 saturated heterocycles. The average molecular weight is 298 g/mol. The number of ether oxygens (including phenoxy) is 1. The number of para-hydroxylation sites is 1. The summed E-state index contributed by atoms with van der Waals surface area (Å²) in [5, 5.41) is 9.62. The second-order valence-corrected chi connectivity index (χ2v) is 5.06. The summed E-state index contributed by atoms with van der Waals surface area (Å²) >= 11 is 0. The number of aldehydes is 1. The summed E-state index contributed by atoms with van der Waals surface area (Å²) in [5.74, 6) is -0.308. The molecule has 1 N–H and O–H groups in total. The van der Waals surface area contributed by atoms with Crippen molar-refractivity contribution in [3.05, 3.63) is 59.7 Å². The quantitative estimate of drug-likeness (QED) is 0.504. The molecule has 22 heavy (non-hydrogen) atoms. The van der Waals surface area contributed by atoms with E-state index < -0.39 is 5.97 Å². The van der Waals surface area contributed by atoms with E-state index in [-0.39, 0.29) is 17.2 Å². The van der Waals surface area contributed by atoms with Crippen LogP contribution in [0.15, 0.2) is 48.5 Å². The van der Waals surface area contributed by atoms with Crippen LogP contribution < -0.4 is 4.74 Å². The van der Waals surface area contributed by atoms with Gasteiger partial charge in [0.1, 0.15) is 23.3 Å².